The molecule has 0 spiro atoms. The first-order valence-electron chi connectivity index (χ1n) is 6.86. The molecule has 0 aliphatic heterocycles. The van der Waals surface area contributed by atoms with E-state index in [0.717, 1.165) is 31.7 Å². The lowest BCUT2D eigenvalue weighted by Crippen LogP contribution is -1.83. The molecule has 0 aliphatic rings. The highest BCUT2D eigenvalue weighted by atomic mass is 79.9. The van der Waals surface area contributed by atoms with E-state index in [0.29, 0.717) is 0 Å². The largest absolute Gasteiger partial charge is 0.264 e. The van der Waals surface area contributed by atoms with E-state index >= 15 is 0 Å². The summed E-state index contributed by atoms with van der Waals surface area (Å²) < 4.78 is 2.25. The number of halogens is 1. The van der Waals surface area contributed by atoms with Crippen LogP contribution in [0.4, 0.5) is 0 Å². The first-order valence-corrected chi connectivity index (χ1v) is 8.47. The molecule has 4 heteroatoms. The second-order valence-corrected chi connectivity index (χ2v) is 6.90. The van der Waals surface area contributed by atoms with Gasteiger partial charge in [0.1, 0.15) is 5.01 Å². The Morgan fingerprint density at radius 2 is 1.73 bits per heavy atom. The number of pyridine rings is 1. The Labute approximate surface area is 140 Å². The molecule has 0 fully saturated rings. The lowest BCUT2D eigenvalue weighted by molar-refractivity contribution is 1.33. The summed E-state index contributed by atoms with van der Waals surface area (Å²) in [7, 11) is 0. The monoisotopic (exact) mass is 366 g/mol. The van der Waals surface area contributed by atoms with Crippen molar-refractivity contribution in [2.24, 2.45) is 0 Å². The van der Waals surface area contributed by atoms with Gasteiger partial charge in [0.2, 0.25) is 0 Å². The van der Waals surface area contributed by atoms with Crippen LogP contribution in [-0.2, 0) is 0 Å². The molecule has 0 saturated carbocycles. The van der Waals surface area contributed by atoms with E-state index < -0.39 is 0 Å². The lowest BCUT2D eigenvalue weighted by atomic mass is 10.1. The number of fused-ring (bicyclic) bond motifs is 1. The molecule has 22 heavy (non-hydrogen) atoms. The average molecular weight is 367 g/mol. The standard InChI is InChI=1S/C18H11BrN2S/c19-15-9-13(12-4-3-7-20-11-12)8-14(10-15)18-21-16-5-1-2-6-17(16)22-18/h1-11H. The van der Waals surface area contributed by atoms with Crippen molar-refractivity contribution < 1.29 is 0 Å². The Morgan fingerprint density at radius 3 is 2.55 bits per heavy atom. The smallest absolute Gasteiger partial charge is 0.124 e. The van der Waals surface area contributed by atoms with Gasteiger partial charge in [0, 0.05) is 28.0 Å². The average Bonchev–Trinajstić information content (AvgIpc) is 2.99. The van der Waals surface area contributed by atoms with E-state index in [1.807, 2.05) is 24.4 Å². The molecule has 0 radical (unpaired) electrons. The minimum absolute atomic E-state index is 1.03. The molecular formula is C18H11BrN2S. The van der Waals surface area contributed by atoms with Gasteiger partial charge >= 0.3 is 0 Å². The van der Waals surface area contributed by atoms with Crippen molar-refractivity contribution in [3.63, 3.8) is 0 Å². The fourth-order valence-electron chi connectivity index (χ4n) is 2.41. The highest BCUT2D eigenvalue weighted by molar-refractivity contribution is 9.10. The molecule has 106 valence electrons. The molecular weight excluding hydrogens is 356 g/mol. The van der Waals surface area contributed by atoms with Crippen molar-refractivity contribution in [3.8, 4) is 21.7 Å². The summed E-state index contributed by atoms with van der Waals surface area (Å²) in [6.07, 6.45) is 3.67. The highest BCUT2D eigenvalue weighted by Gasteiger charge is 2.09. The van der Waals surface area contributed by atoms with Crippen LogP contribution < -0.4 is 0 Å². The zero-order valence-corrected chi connectivity index (χ0v) is 13.9. The van der Waals surface area contributed by atoms with Gasteiger partial charge in [-0.15, -0.1) is 11.3 Å². The number of para-hydroxylation sites is 1. The van der Waals surface area contributed by atoms with Crippen molar-refractivity contribution in [1.82, 2.24) is 9.97 Å². The Bertz CT molecular complexity index is 915. The van der Waals surface area contributed by atoms with E-state index in [1.165, 1.54) is 4.70 Å². The molecule has 2 aromatic carbocycles. The third-order valence-electron chi connectivity index (χ3n) is 3.43. The number of hydrogen-bond acceptors (Lipinski definition) is 3. The predicted octanol–water partition coefficient (Wildman–Crippen LogP) is 5.79. The second kappa shape index (κ2) is 5.63. The fraction of sp³-hybridized carbons (Fsp3) is 0. The first-order chi connectivity index (χ1) is 10.8. The van der Waals surface area contributed by atoms with Gasteiger partial charge in [-0.25, -0.2) is 4.98 Å². The van der Waals surface area contributed by atoms with Crippen LogP contribution in [0.1, 0.15) is 0 Å². The van der Waals surface area contributed by atoms with Gasteiger partial charge in [-0.3, -0.25) is 4.98 Å². The van der Waals surface area contributed by atoms with Crippen LogP contribution in [0.3, 0.4) is 0 Å². The number of nitrogens with zero attached hydrogens (tertiary/aromatic N) is 2. The molecule has 0 amide bonds. The minimum atomic E-state index is 1.03. The summed E-state index contributed by atoms with van der Waals surface area (Å²) in [5.41, 5.74) is 4.41. The summed E-state index contributed by atoms with van der Waals surface area (Å²) >= 11 is 5.32. The molecule has 0 atom stereocenters. The number of rotatable bonds is 2. The van der Waals surface area contributed by atoms with Gasteiger partial charge in [-0.05, 0) is 42.0 Å². The Kier molecular flexibility index (Phi) is 3.48. The van der Waals surface area contributed by atoms with E-state index in [9.17, 15) is 0 Å². The van der Waals surface area contributed by atoms with E-state index in [-0.39, 0.29) is 0 Å². The Hall–Kier alpha value is -2.04. The molecule has 0 aliphatic carbocycles. The third-order valence-corrected chi connectivity index (χ3v) is 4.98. The zero-order valence-electron chi connectivity index (χ0n) is 11.5. The van der Waals surface area contributed by atoms with Crippen molar-refractivity contribution >= 4 is 37.5 Å². The number of benzene rings is 2. The van der Waals surface area contributed by atoms with Crippen LogP contribution in [0, 0.1) is 0 Å². The highest BCUT2D eigenvalue weighted by Crippen LogP contribution is 2.34. The predicted molar refractivity (Wildman–Crippen MR) is 96.0 cm³/mol. The molecule has 0 unspecified atom stereocenters. The summed E-state index contributed by atoms with van der Waals surface area (Å²) in [4.78, 5) is 8.94. The van der Waals surface area contributed by atoms with Crippen molar-refractivity contribution in [2.75, 3.05) is 0 Å². The minimum Gasteiger partial charge on any atom is -0.264 e. The number of aromatic nitrogens is 2. The zero-order chi connectivity index (χ0) is 14.9. The maximum atomic E-state index is 4.74. The Morgan fingerprint density at radius 1 is 0.864 bits per heavy atom. The van der Waals surface area contributed by atoms with Crippen LogP contribution in [0.5, 0.6) is 0 Å². The molecule has 0 bridgehead atoms. The van der Waals surface area contributed by atoms with E-state index in [1.54, 1.807) is 17.5 Å². The summed E-state index contributed by atoms with van der Waals surface area (Å²) in [5, 5.41) is 1.03. The van der Waals surface area contributed by atoms with Crippen molar-refractivity contribution in [3.05, 3.63) is 71.5 Å². The van der Waals surface area contributed by atoms with Crippen LogP contribution in [0.15, 0.2) is 71.5 Å². The van der Waals surface area contributed by atoms with Crippen LogP contribution in [0.2, 0.25) is 0 Å². The van der Waals surface area contributed by atoms with Crippen LogP contribution >= 0.6 is 27.3 Å². The lowest BCUT2D eigenvalue weighted by Gasteiger charge is -2.05. The van der Waals surface area contributed by atoms with Crippen LogP contribution in [-0.4, -0.2) is 9.97 Å². The van der Waals surface area contributed by atoms with E-state index in [4.69, 9.17) is 4.98 Å². The molecule has 2 nitrogen and oxygen atoms in total. The quantitative estimate of drug-likeness (QED) is 0.448. The van der Waals surface area contributed by atoms with Crippen molar-refractivity contribution in [2.45, 2.75) is 0 Å². The van der Waals surface area contributed by atoms with Crippen LogP contribution in [0.25, 0.3) is 31.9 Å². The van der Waals surface area contributed by atoms with Gasteiger partial charge in [-0.1, -0.05) is 34.1 Å². The maximum Gasteiger partial charge on any atom is 0.124 e. The summed E-state index contributed by atoms with van der Waals surface area (Å²) in [5.74, 6) is 0. The van der Waals surface area contributed by atoms with Gasteiger partial charge in [-0.2, -0.15) is 0 Å². The van der Waals surface area contributed by atoms with Gasteiger partial charge < -0.3 is 0 Å². The van der Waals surface area contributed by atoms with Crippen molar-refractivity contribution in [1.29, 1.82) is 0 Å². The fourth-order valence-corrected chi connectivity index (χ4v) is 3.86. The van der Waals surface area contributed by atoms with Gasteiger partial charge in [0.15, 0.2) is 0 Å². The first kappa shape index (κ1) is 13.6. The number of thiazole rings is 1. The third kappa shape index (κ3) is 2.56. The molecule has 2 heterocycles. The molecule has 0 N–H and O–H groups in total. The molecule has 4 aromatic rings. The normalized spacial score (nSPS) is 11.0. The van der Waals surface area contributed by atoms with Gasteiger partial charge in [0.25, 0.3) is 0 Å². The SMILES string of the molecule is Brc1cc(-c2cccnc2)cc(-c2nc3ccccc3s2)c1. The second-order valence-electron chi connectivity index (χ2n) is 4.96. The maximum absolute atomic E-state index is 4.74. The molecule has 4 rings (SSSR count). The molecule has 0 saturated heterocycles. The molecule has 2 aromatic heterocycles. The topological polar surface area (TPSA) is 25.8 Å². The Balaban J connectivity index is 1.86. The number of hydrogen-bond donors (Lipinski definition) is 0. The summed E-state index contributed by atoms with van der Waals surface area (Å²) in [6.45, 7) is 0. The summed E-state index contributed by atoms with van der Waals surface area (Å²) in [6, 6.07) is 18.6. The van der Waals surface area contributed by atoms with E-state index in [2.05, 4.69) is 57.3 Å². The van der Waals surface area contributed by atoms with Gasteiger partial charge in [0.05, 0.1) is 10.2 Å².